The lowest BCUT2D eigenvalue weighted by Crippen LogP contribution is -1.92. The molecule has 22 heavy (non-hydrogen) atoms. The lowest BCUT2D eigenvalue weighted by atomic mass is 10.2. The van der Waals surface area contributed by atoms with Crippen LogP contribution in [-0.4, -0.2) is 20.3 Å². The van der Waals surface area contributed by atoms with Crippen molar-refractivity contribution in [1.82, 2.24) is 20.3 Å². The summed E-state index contributed by atoms with van der Waals surface area (Å²) in [5.74, 6) is 1.79. The molecule has 114 valence electrons. The zero-order valence-corrected chi connectivity index (χ0v) is 14.2. The molecule has 3 aromatic rings. The number of aryl methyl sites for hydroxylation is 1. The SMILES string of the molecule is Cc1noc(CSc2nnc(Nc3cccc(Cl)c3C)s2)n1. The van der Waals surface area contributed by atoms with Crippen molar-refractivity contribution in [3.05, 3.63) is 40.5 Å². The van der Waals surface area contributed by atoms with Gasteiger partial charge in [0.2, 0.25) is 11.0 Å². The zero-order chi connectivity index (χ0) is 15.5. The minimum Gasteiger partial charge on any atom is -0.338 e. The molecular formula is C13H12ClN5OS2. The van der Waals surface area contributed by atoms with Gasteiger partial charge in [-0.25, -0.2) is 0 Å². The van der Waals surface area contributed by atoms with Gasteiger partial charge in [-0.3, -0.25) is 0 Å². The van der Waals surface area contributed by atoms with Gasteiger partial charge in [-0.15, -0.1) is 10.2 Å². The van der Waals surface area contributed by atoms with Crippen LogP contribution in [0.1, 0.15) is 17.3 Å². The highest BCUT2D eigenvalue weighted by molar-refractivity contribution is 8.00. The van der Waals surface area contributed by atoms with Gasteiger partial charge in [0.25, 0.3) is 0 Å². The second kappa shape index (κ2) is 6.64. The third-order valence-electron chi connectivity index (χ3n) is 2.80. The number of hydrogen-bond donors (Lipinski definition) is 1. The smallest absolute Gasteiger partial charge is 0.237 e. The van der Waals surface area contributed by atoms with E-state index in [-0.39, 0.29) is 0 Å². The Hall–Kier alpha value is -1.64. The molecule has 2 aromatic heterocycles. The number of thioether (sulfide) groups is 1. The Morgan fingerprint density at radius 3 is 2.95 bits per heavy atom. The molecule has 1 N–H and O–H groups in total. The Balaban J connectivity index is 1.65. The first-order chi connectivity index (χ1) is 10.6. The first-order valence-electron chi connectivity index (χ1n) is 6.39. The molecular weight excluding hydrogens is 342 g/mol. The van der Waals surface area contributed by atoms with E-state index < -0.39 is 0 Å². The zero-order valence-electron chi connectivity index (χ0n) is 11.8. The Kier molecular flexibility index (Phi) is 4.60. The van der Waals surface area contributed by atoms with E-state index >= 15 is 0 Å². The number of nitrogens with one attached hydrogen (secondary N) is 1. The van der Waals surface area contributed by atoms with Crippen LogP contribution < -0.4 is 5.32 Å². The van der Waals surface area contributed by atoms with Gasteiger partial charge in [-0.2, -0.15) is 4.98 Å². The van der Waals surface area contributed by atoms with Crippen molar-refractivity contribution < 1.29 is 4.52 Å². The van der Waals surface area contributed by atoms with Gasteiger partial charge in [0, 0.05) is 10.7 Å². The van der Waals surface area contributed by atoms with Crippen molar-refractivity contribution in [2.75, 3.05) is 5.32 Å². The number of halogens is 1. The molecule has 0 saturated carbocycles. The highest BCUT2D eigenvalue weighted by Gasteiger charge is 2.10. The van der Waals surface area contributed by atoms with Crippen molar-refractivity contribution in [3.8, 4) is 0 Å². The predicted octanol–water partition coefficient (Wildman–Crippen LogP) is 4.23. The van der Waals surface area contributed by atoms with E-state index in [9.17, 15) is 0 Å². The monoisotopic (exact) mass is 353 g/mol. The summed E-state index contributed by atoms with van der Waals surface area (Å²) in [6.45, 7) is 3.75. The van der Waals surface area contributed by atoms with Crippen LogP contribution in [-0.2, 0) is 5.75 Å². The highest BCUT2D eigenvalue weighted by Crippen LogP contribution is 2.31. The lowest BCUT2D eigenvalue weighted by molar-refractivity contribution is 0.387. The molecule has 6 nitrogen and oxygen atoms in total. The molecule has 0 bridgehead atoms. The Morgan fingerprint density at radius 2 is 2.18 bits per heavy atom. The normalized spacial score (nSPS) is 10.9. The number of aromatic nitrogens is 4. The van der Waals surface area contributed by atoms with Gasteiger partial charge in [0.1, 0.15) is 0 Å². The van der Waals surface area contributed by atoms with E-state index in [4.69, 9.17) is 16.1 Å². The molecule has 0 saturated heterocycles. The molecule has 0 unspecified atom stereocenters. The van der Waals surface area contributed by atoms with E-state index in [0.717, 1.165) is 25.7 Å². The van der Waals surface area contributed by atoms with Crippen LogP contribution in [0.5, 0.6) is 0 Å². The number of anilines is 2. The van der Waals surface area contributed by atoms with E-state index in [2.05, 4.69) is 25.7 Å². The van der Waals surface area contributed by atoms with Crippen LogP contribution in [0, 0.1) is 13.8 Å². The third kappa shape index (κ3) is 3.57. The minimum atomic E-state index is 0.575. The molecule has 0 aliphatic rings. The van der Waals surface area contributed by atoms with Crippen molar-refractivity contribution in [1.29, 1.82) is 0 Å². The molecule has 0 radical (unpaired) electrons. The number of hydrogen-bond acceptors (Lipinski definition) is 8. The average Bonchev–Trinajstić information content (AvgIpc) is 3.11. The van der Waals surface area contributed by atoms with E-state index in [1.807, 2.05) is 25.1 Å². The van der Waals surface area contributed by atoms with Crippen LogP contribution in [0.3, 0.4) is 0 Å². The van der Waals surface area contributed by atoms with Crippen molar-refractivity contribution in [2.45, 2.75) is 23.9 Å². The largest absolute Gasteiger partial charge is 0.338 e. The summed E-state index contributed by atoms with van der Waals surface area (Å²) >= 11 is 9.08. The number of benzene rings is 1. The number of rotatable bonds is 5. The fraction of sp³-hybridized carbons (Fsp3) is 0.231. The van der Waals surface area contributed by atoms with Crippen LogP contribution in [0.4, 0.5) is 10.8 Å². The van der Waals surface area contributed by atoms with Gasteiger partial charge >= 0.3 is 0 Å². The molecule has 0 aliphatic carbocycles. The predicted molar refractivity (Wildman–Crippen MR) is 88.0 cm³/mol. The summed E-state index contributed by atoms with van der Waals surface area (Å²) in [4.78, 5) is 4.15. The van der Waals surface area contributed by atoms with Crippen molar-refractivity contribution in [2.24, 2.45) is 0 Å². The molecule has 0 spiro atoms. The summed E-state index contributed by atoms with van der Waals surface area (Å²) in [6.07, 6.45) is 0. The number of nitrogens with zero attached hydrogens (tertiary/aromatic N) is 4. The fourth-order valence-electron chi connectivity index (χ4n) is 1.70. The van der Waals surface area contributed by atoms with Gasteiger partial charge in [0.05, 0.1) is 5.75 Å². The molecule has 3 rings (SSSR count). The maximum absolute atomic E-state index is 6.10. The second-order valence-corrected chi connectivity index (χ2v) is 7.04. The van der Waals surface area contributed by atoms with E-state index in [1.165, 1.54) is 23.1 Å². The Morgan fingerprint density at radius 1 is 1.32 bits per heavy atom. The molecule has 2 heterocycles. The summed E-state index contributed by atoms with van der Waals surface area (Å²) in [5, 5.41) is 16.7. The van der Waals surface area contributed by atoms with Crippen molar-refractivity contribution in [3.63, 3.8) is 0 Å². The standard InChI is InChI=1S/C13H12ClN5OS2/c1-7-9(14)4-3-5-10(7)16-12-17-18-13(22-12)21-6-11-15-8(2)19-20-11/h3-5H,6H2,1-2H3,(H,16,17). The summed E-state index contributed by atoms with van der Waals surface area (Å²) in [5.41, 5.74) is 1.91. The van der Waals surface area contributed by atoms with Crippen LogP contribution in [0.15, 0.2) is 27.1 Å². The first-order valence-corrected chi connectivity index (χ1v) is 8.57. The molecule has 0 amide bonds. The molecule has 0 aliphatic heterocycles. The first kappa shape index (κ1) is 15.3. The Bertz CT molecular complexity index is 788. The minimum absolute atomic E-state index is 0.575. The fourth-order valence-corrected chi connectivity index (χ4v) is 3.48. The van der Waals surface area contributed by atoms with Gasteiger partial charge < -0.3 is 9.84 Å². The van der Waals surface area contributed by atoms with Gasteiger partial charge in [-0.05, 0) is 31.5 Å². The van der Waals surface area contributed by atoms with Gasteiger partial charge in [0.15, 0.2) is 10.2 Å². The van der Waals surface area contributed by atoms with Crippen LogP contribution in [0.25, 0.3) is 0 Å². The quantitative estimate of drug-likeness (QED) is 0.688. The van der Waals surface area contributed by atoms with Crippen LogP contribution >= 0.6 is 34.7 Å². The topological polar surface area (TPSA) is 76.7 Å². The van der Waals surface area contributed by atoms with Gasteiger partial charge in [-0.1, -0.05) is 45.9 Å². The lowest BCUT2D eigenvalue weighted by Gasteiger charge is -2.06. The van der Waals surface area contributed by atoms with E-state index in [0.29, 0.717) is 17.5 Å². The molecule has 9 heteroatoms. The Labute approximate surface area is 140 Å². The average molecular weight is 354 g/mol. The summed E-state index contributed by atoms with van der Waals surface area (Å²) in [6, 6.07) is 5.71. The maximum atomic E-state index is 6.10. The summed E-state index contributed by atoms with van der Waals surface area (Å²) in [7, 11) is 0. The maximum Gasteiger partial charge on any atom is 0.237 e. The highest BCUT2D eigenvalue weighted by atomic mass is 35.5. The third-order valence-corrected chi connectivity index (χ3v) is 5.17. The molecule has 0 atom stereocenters. The van der Waals surface area contributed by atoms with E-state index in [1.54, 1.807) is 6.92 Å². The second-order valence-electron chi connectivity index (χ2n) is 4.43. The molecule has 0 fully saturated rings. The van der Waals surface area contributed by atoms with Crippen LogP contribution in [0.2, 0.25) is 5.02 Å². The van der Waals surface area contributed by atoms with Crippen molar-refractivity contribution >= 4 is 45.5 Å². The summed E-state index contributed by atoms with van der Waals surface area (Å²) < 4.78 is 5.89. The molecule has 1 aromatic carbocycles.